The summed E-state index contributed by atoms with van der Waals surface area (Å²) >= 11 is 0. The third kappa shape index (κ3) is 3.32. The average molecular weight is 330 g/mol. The molecular weight excluding hydrogens is 316 g/mol. The predicted molar refractivity (Wildman–Crippen MR) is 92.9 cm³/mol. The molecule has 4 rings (SSSR count). The molecule has 122 valence electrons. The van der Waals surface area contributed by atoms with E-state index in [-0.39, 0.29) is 0 Å². The van der Waals surface area contributed by atoms with Crippen LogP contribution in [-0.2, 0) is 0 Å². The van der Waals surface area contributed by atoms with Gasteiger partial charge < -0.3 is 5.32 Å². The van der Waals surface area contributed by atoms with Crippen LogP contribution in [0.3, 0.4) is 0 Å². The molecule has 0 fully saturated rings. The first-order valence-electron chi connectivity index (χ1n) is 7.64. The number of nitrogens with zero attached hydrogens (tertiary/aromatic N) is 6. The number of hydrogen-bond acceptors (Lipinski definition) is 7. The summed E-state index contributed by atoms with van der Waals surface area (Å²) in [7, 11) is 0. The summed E-state index contributed by atoms with van der Waals surface area (Å²) in [5.41, 5.74) is 2.66. The van der Waals surface area contributed by atoms with Gasteiger partial charge in [0, 0.05) is 47.7 Å². The number of H-pyrrole nitrogens is 1. The quantitative estimate of drug-likeness (QED) is 0.592. The van der Waals surface area contributed by atoms with E-state index in [1.807, 2.05) is 37.3 Å². The van der Waals surface area contributed by atoms with Crippen LogP contribution in [0.1, 0.15) is 5.69 Å². The molecule has 0 spiro atoms. The van der Waals surface area contributed by atoms with Gasteiger partial charge in [-0.3, -0.25) is 15.1 Å². The molecule has 4 heterocycles. The van der Waals surface area contributed by atoms with E-state index < -0.39 is 0 Å². The summed E-state index contributed by atoms with van der Waals surface area (Å²) in [6.45, 7) is 1.93. The van der Waals surface area contributed by atoms with Gasteiger partial charge in [0.25, 0.3) is 0 Å². The number of anilines is 2. The lowest BCUT2D eigenvalue weighted by Gasteiger charge is -2.07. The molecule has 0 aromatic carbocycles. The third-order valence-corrected chi connectivity index (χ3v) is 3.46. The topological polar surface area (TPSA) is 105 Å². The highest BCUT2D eigenvalue weighted by Gasteiger charge is 2.11. The van der Waals surface area contributed by atoms with E-state index in [9.17, 15) is 0 Å². The van der Waals surface area contributed by atoms with Crippen molar-refractivity contribution >= 4 is 11.8 Å². The number of rotatable bonds is 4. The third-order valence-electron chi connectivity index (χ3n) is 3.46. The van der Waals surface area contributed by atoms with Crippen molar-refractivity contribution in [1.29, 1.82) is 0 Å². The van der Waals surface area contributed by atoms with E-state index in [0.29, 0.717) is 23.4 Å². The molecule has 0 aliphatic carbocycles. The van der Waals surface area contributed by atoms with Gasteiger partial charge in [0.15, 0.2) is 17.5 Å². The van der Waals surface area contributed by atoms with Crippen molar-refractivity contribution in [3.63, 3.8) is 0 Å². The van der Waals surface area contributed by atoms with E-state index in [4.69, 9.17) is 0 Å². The van der Waals surface area contributed by atoms with Crippen LogP contribution in [0, 0.1) is 6.92 Å². The SMILES string of the molecule is Cc1cc(Nc2nc(-c3ccncc3)nc(-c3ccncc3)n2)n[nH]1. The van der Waals surface area contributed by atoms with Gasteiger partial charge in [-0.25, -0.2) is 4.98 Å². The highest BCUT2D eigenvalue weighted by molar-refractivity contribution is 5.63. The molecule has 4 aromatic heterocycles. The molecule has 0 saturated carbocycles. The number of aromatic amines is 1. The van der Waals surface area contributed by atoms with Crippen molar-refractivity contribution in [2.45, 2.75) is 6.92 Å². The van der Waals surface area contributed by atoms with Gasteiger partial charge in [-0.1, -0.05) is 0 Å². The van der Waals surface area contributed by atoms with Gasteiger partial charge in [-0.15, -0.1) is 0 Å². The number of aromatic nitrogens is 7. The van der Waals surface area contributed by atoms with Crippen molar-refractivity contribution in [1.82, 2.24) is 35.1 Å². The fourth-order valence-corrected chi connectivity index (χ4v) is 2.29. The van der Waals surface area contributed by atoms with E-state index >= 15 is 0 Å². The first-order chi connectivity index (χ1) is 12.3. The molecule has 0 amide bonds. The Balaban J connectivity index is 1.80. The van der Waals surface area contributed by atoms with Crippen LogP contribution in [0.5, 0.6) is 0 Å². The Morgan fingerprint density at radius 3 is 1.84 bits per heavy atom. The molecule has 0 bridgehead atoms. The molecule has 4 aromatic rings. The second-order valence-corrected chi connectivity index (χ2v) is 5.34. The normalized spacial score (nSPS) is 10.6. The van der Waals surface area contributed by atoms with Crippen LogP contribution in [0.2, 0.25) is 0 Å². The van der Waals surface area contributed by atoms with E-state index in [1.54, 1.807) is 24.8 Å². The maximum Gasteiger partial charge on any atom is 0.232 e. The molecule has 0 radical (unpaired) electrons. The van der Waals surface area contributed by atoms with Crippen LogP contribution in [0.4, 0.5) is 11.8 Å². The second-order valence-electron chi connectivity index (χ2n) is 5.34. The summed E-state index contributed by atoms with van der Waals surface area (Å²) in [6, 6.07) is 9.30. The van der Waals surface area contributed by atoms with Crippen LogP contribution in [-0.4, -0.2) is 35.1 Å². The van der Waals surface area contributed by atoms with Gasteiger partial charge in [0.05, 0.1) is 0 Å². The largest absolute Gasteiger partial charge is 0.307 e. The Morgan fingerprint density at radius 1 is 0.800 bits per heavy atom. The lowest BCUT2D eigenvalue weighted by Crippen LogP contribution is -2.03. The monoisotopic (exact) mass is 330 g/mol. The highest BCUT2D eigenvalue weighted by atomic mass is 15.2. The maximum atomic E-state index is 4.57. The van der Waals surface area contributed by atoms with Gasteiger partial charge in [0.1, 0.15) is 0 Å². The average Bonchev–Trinajstić information content (AvgIpc) is 3.07. The standard InChI is InChI=1S/C17H14N8/c1-11-10-14(25-24-11)20-17-22-15(12-2-6-18-7-3-12)21-16(23-17)13-4-8-19-9-5-13/h2-10H,1H3,(H2,20,21,22,23,24,25). The first-order valence-corrected chi connectivity index (χ1v) is 7.64. The van der Waals surface area contributed by atoms with Crippen LogP contribution in [0.25, 0.3) is 22.8 Å². The van der Waals surface area contributed by atoms with Crippen molar-refractivity contribution in [2.75, 3.05) is 5.32 Å². The van der Waals surface area contributed by atoms with Gasteiger partial charge in [-0.2, -0.15) is 15.1 Å². The highest BCUT2D eigenvalue weighted by Crippen LogP contribution is 2.22. The molecule has 0 aliphatic rings. The van der Waals surface area contributed by atoms with Gasteiger partial charge >= 0.3 is 0 Å². The minimum atomic E-state index is 0.417. The Hall–Kier alpha value is -3.68. The smallest absolute Gasteiger partial charge is 0.232 e. The summed E-state index contributed by atoms with van der Waals surface area (Å²) in [5.74, 6) is 2.17. The fourth-order valence-electron chi connectivity index (χ4n) is 2.29. The van der Waals surface area contributed by atoms with Gasteiger partial charge in [-0.05, 0) is 31.2 Å². The Morgan fingerprint density at radius 2 is 1.36 bits per heavy atom. The molecule has 25 heavy (non-hydrogen) atoms. The van der Waals surface area contributed by atoms with Crippen molar-refractivity contribution in [3.05, 3.63) is 60.8 Å². The zero-order chi connectivity index (χ0) is 17.1. The van der Waals surface area contributed by atoms with Crippen LogP contribution in [0.15, 0.2) is 55.1 Å². The minimum Gasteiger partial charge on any atom is -0.307 e. The summed E-state index contributed by atoms with van der Waals surface area (Å²) < 4.78 is 0. The summed E-state index contributed by atoms with van der Waals surface area (Å²) in [6.07, 6.45) is 6.82. The summed E-state index contributed by atoms with van der Waals surface area (Å²) in [4.78, 5) is 21.7. The number of pyridine rings is 2. The first kappa shape index (κ1) is 14.9. The maximum absolute atomic E-state index is 4.57. The molecule has 0 unspecified atom stereocenters. The molecule has 0 saturated heterocycles. The lowest BCUT2D eigenvalue weighted by atomic mass is 10.2. The molecular formula is C17H14N8. The molecule has 0 aliphatic heterocycles. The molecule has 2 N–H and O–H groups in total. The minimum absolute atomic E-state index is 0.417. The Bertz CT molecular complexity index is 924. The van der Waals surface area contributed by atoms with Crippen LogP contribution < -0.4 is 5.32 Å². The zero-order valence-corrected chi connectivity index (χ0v) is 13.4. The van der Waals surface area contributed by atoms with Crippen molar-refractivity contribution in [2.24, 2.45) is 0 Å². The second kappa shape index (κ2) is 6.44. The predicted octanol–water partition coefficient (Wildman–Crippen LogP) is 2.77. The molecule has 0 atom stereocenters. The Kier molecular flexibility index (Phi) is 3.83. The van der Waals surface area contributed by atoms with E-state index in [2.05, 4.69) is 40.4 Å². The van der Waals surface area contributed by atoms with Crippen LogP contribution >= 0.6 is 0 Å². The van der Waals surface area contributed by atoms with E-state index in [0.717, 1.165) is 16.8 Å². The Labute approximate surface area is 143 Å². The zero-order valence-electron chi connectivity index (χ0n) is 13.4. The van der Waals surface area contributed by atoms with Crippen molar-refractivity contribution in [3.8, 4) is 22.8 Å². The van der Waals surface area contributed by atoms with E-state index in [1.165, 1.54) is 0 Å². The fraction of sp³-hybridized carbons (Fsp3) is 0.0588. The summed E-state index contributed by atoms with van der Waals surface area (Å²) in [5, 5.41) is 10.1. The number of hydrogen-bond donors (Lipinski definition) is 2. The van der Waals surface area contributed by atoms with Gasteiger partial charge in [0.2, 0.25) is 5.95 Å². The number of aryl methyl sites for hydroxylation is 1. The lowest BCUT2D eigenvalue weighted by molar-refractivity contribution is 1.03. The molecule has 8 nitrogen and oxygen atoms in total. The number of nitrogens with one attached hydrogen (secondary N) is 2. The van der Waals surface area contributed by atoms with Crippen molar-refractivity contribution < 1.29 is 0 Å². The molecule has 8 heteroatoms.